The number of ether oxygens (including phenoxy) is 3. The van der Waals surface area contributed by atoms with Crippen LogP contribution in [0.5, 0.6) is 0 Å². The van der Waals surface area contributed by atoms with E-state index in [2.05, 4.69) is 50.3 Å². The molecule has 0 amide bonds. The fraction of sp³-hybridized carbons (Fsp3) is 0.816. The Labute approximate surface area is 351 Å². The van der Waals surface area contributed by atoms with Gasteiger partial charge in [0.15, 0.2) is 6.10 Å². The lowest BCUT2D eigenvalue weighted by molar-refractivity contribution is -0.889. The number of aliphatic carboxylic acids is 1. The fourth-order valence-corrected chi connectivity index (χ4v) is 6.79. The third-order valence-corrected chi connectivity index (χ3v) is 10.5. The van der Waals surface area contributed by atoms with Gasteiger partial charge in [0.2, 0.25) is 0 Å². The third kappa shape index (κ3) is 38.8. The number of esters is 2. The van der Waals surface area contributed by atoms with E-state index in [0.29, 0.717) is 12.8 Å². The topological polar surface area (TPSA) is 102 Å². The number of likely N-dealkylation sites (N-methyl/N-ethyl adjacent to an activating group) is 1. The molecule has 0 saturated heterocycles. The highest BCUT2D eigenvalue weighted by Gasteiger charge is 2.25. The second-order valence-corrected chi connectivity index (χ2v) is 17.0. The second kappa shape index (κ2) is 40.3. The first-order chi connectivity index (χ1) is 27.6. The summed E-state index contributed by atoms with van der Waals surface area (Å²) < 4.78 is 17.2. The zero-order valence-corrected chi connectivity index (χ0v) is 37.8. The van der Waals surface area contributed by atoms with E-state index in [1.165, 1.54) is 109 Å². The van der Waals surface area contributed by atoms with Crippen LogP contribution < -0.4 is 5.11 Å². The summed E-state index contributed by atoms with van der Waals surface area (Å²) in [5.41, 5.74) is 0. The summed E-state index contributed by atoms with van der Waals surface area (Å²) in [5, 5.41) is 11.6. The first-order valence-electron chi connectivity index (χ1n) is 23.5. The third-order valence-electron chi connectivity index (χ3n) is 10.5. The Balaban J connectivity index is 4.26. The standard InChI is InChI=1S/C49H89NO7/c1-6-8-10-12-14-16-18-19-20-21-22-23-24-25-26-27-28-30-32-34-36-38-40-48(52)57-45(43-55-42-41-46(49(53)54)50(3,4)5)44-56-47(51)39-37-35-33-31-29-17-15-13-11-9-7-2/h13,15,21-22,24-25,45-46H,6-12,14,16-20,23,26-44H2,1-5H3/b15-13+,22-21+,25-24+. The van der Waals surface area contributed by atoms with Gasteiger partial charge in [-0.15, -0.1) is 0 Å². The summed E-state index contributed by atoms with van der Waals surface area (Å²) in [4.78, 5) is 36.8. The highest BCUT2D eigenvalue weighted by atomic mass is 16.6. The van der Waals surface area contributed by atoms with E-state index < -0.39 is 18.1 Å². The zero-order chi connectivity index (χ0) is 42.1. The largest absolute Gasteiger partial charge is 0.544 e. The monoisotopic (exact) mass is 804 g/mol. The minimum Gasteiger partial charge on any atom is -0.544 e. The molecule has 57 heavy (non-hydrogen) atoms. The summed E-state index contributed by atoms with van der Waals surface area (Å²) in [6, 6.07) is -0.727. The van der Waals surface area contributed by atoms with Crippen LogP contribution >= 0.6 is 0 Å². The predicted molar refractivity (Wildman–Crippen MR) is 236 cm³/mol. The molecular formula is C49H89NO7. The second-order valence-electron chi connectivity index (χ2n) is 17.0. The van der Waals surface area contributed by atoms with Crippen molar-refractivity contribution < 1.29 is 38.2 Å². The molecule has 0 aromatic rings. The van der Waals surface area contributed by atoms with Gasteiger partial charge in [-0.1, -0.05) is 159 Å². The molecular weight excluding hydrogens is 715 g/mol. The van der Waals surface area contributed by atoms with E-state index in [1.807, 2.05) is 0 Å². The number of carboxylic acid groups (broad SMARTS) is 1. The van der Waals surface area contributed by atoms with E-state index >= 15 is 0 Å². The molecule has 0 saturated carbocycles. The van der Waals surface area contributed by atoms with Crippen LogP contribution in [-0.2, 0) is 28.6 Å². The van der Waals surface area contributed by atoms with Gasteiger partial charge in [0, 0.05) is 19.3 Å². The number of carboxylic acids is 1. The van der Waals surface area contributed by atoms with Gasteiger partial charge in [-0.2, -0.15) is 0 Å². The normalized spacial score (nSPS) is 13.2. The Hall–Kier alpha value is -2.45. The van der Waals surface area contributed by atoms with Gasteiger partial charge >= 0.3 is 11.9 Å². The van der Waals surface area contributed by atoms with Gasteiger partial charge in [-0.05, 0) is 64.2 Å². The van der Waals surface area contributed by atoms with Crippen molar-refractivity contribution in [3.8, 4) is 0 Å². The van der Waals surface area contributed by atoms with E-state index in [0.717, 1.165) is 64.2 Å². The number of rotatable bonds is 42. The van der Waals surface area contributed by atoms with Crippen molar-refractivity contribution in [3.05, 3.63) is 36.5 Å². The number of carbonyl (C=O) groups excluding carboxylic acids is 3. The number of quaternary nitrogens is 1. The molecule has 0 aliphatic heterocycles. The fourth-order valence-electron chi connectivity index (χ4n) is 6.79. The summed E-state index contributed by atoms with van der Waals surface area (Å²) in [7, 11) is 5.40. The highest BCUT2D eigenvalue weighted by Crippen LogP contribution is 2.14. The average molecular weight is 804 g/mol. The lowest BCUT2D eigenvalue weighted by Gasteiger charge is -2.34. The SMILES string of the molecule is CCCC/C=C/CCCCCCCC(=O)OCC(COCCC(C(=O)[O-])[N+](C)(C)C)OC(=O)CCCCCCCCC/C=C/C/C=C/CCCCCCCCCC. The first kappa shape index (κ1) is 54.6. The first-order valence-corrected chi connectivity index (χ1v) is 23.5. The molecule has 0 aromatic heterocycles. The Morgan fingerprint density at radius 2 is 0.947 bits per heavy atom. The van der Waals surface area contributed by atoms with Crippen LogP contribution in [0.4, 0.5) is 0 Å². The van der Waals surface area contributed by atoms with Gasteiger partial charge < -0.3 is 28.6 Å². The average Bonchev–Trinajstić information content (AvgIpc) is 3.17. The molecule has 0 radical (unpaired) electrons. The molecule has 8 heteroatoms. The summed E-state index contributed by atoms with van der Waals surface area (Å²) in [6.45, 7) is 4.61. The Morgan fingerprint density at radius 1 is 0.526 bits per heavy atom. The number of unbranched alkanes of at least 4 members (excludes halogenated alkanes) is 22. The number of hydrogen-bond acceptors (Lipinski definition) is 7. The maximum Gasteiger partial charge on any atom is 0.306 e. The molecule has 0 aliphatic rings. The molecule has 8 nitrogen and oxygen atoms in total. The van der Waals surface area contributed by atoms with Gasteiger partial charge in [0.05, 0.1) is 40.3 Å². The van der Waals surface area contributed by atoms with E-state index in [4.69, 9.17) is 14.2 Å². The van der Waals surface area contributed by atoms with E-state index in [-0.39, 0.29) is 42.7 Å². The van der Waals surface area contributed by atoms with Crippen LogP contribution in [0.15, 0.2) is 36.5 Å². The maximum absolute atomic E-state index is 12.7. The van der Waals surface area contributed by atoms with Crippen LogP contribution in [0.25, 0.3) is 0 Å². The van der Waals surface area contributed by atoms with Crippen molar-refractivity contribution in [2.45, 2.75) is 219 Å². The van der Waals surface area contributed by atoms with Gasteiger partial charge in [0.25, 0.3) is 0 Å². The van der Waals surface area contributed by atoms with Crippen molar-refractivity contribution in [2.24, 2.45) is 0 Å². The number of carbonyl (C=O) groups is 3. The molecule has 332 valence electrons. The zero-order valence-electron chi connectivity index (χ0n) is 37.8. The lowest BCUT2D eigenvalue weighted by atomic mass is 10.1. The maximum atomic E-state index is 12.7. The number of allylic oxidation sites excluding steroid dienone is 6. The summed E-state index contributed by atoms with van der Waals surface area (Å²) in [6.07, 6.45) is 46.0. The minimum absolute atomic E-state index is 0.0358. The van der Waals surface area contributed by atoms with Gasteiger partial charge in [-0.25, -0.2) is 0 Å². The smallest absolute Gasteiger partial charge is 0.306 e. The Kier molecular flexibility index (Phi) is 38.6. The molecule has 0 heterocycles. The van der Waals surface area contributed by atoms with Crippen LogP contribution in [0.3, 0.4) is 0 Å². The quantitative estimate of drug-likeness (QED) is 0.0262. The molecule has 0 aromatic carbocycles. The van der Waals surface area contributed by atoms with Crippen LogP contribution in [0.2, 0.25) is 0 Å². The summed E-state index contributed by atoms with van der Waals surface area (Å²) in [5.74, 6) is -1.75. The molecule has 0 N–H and O–H groups in total. The predicted octanol–water partition coefficient (Wildman–Crippen LogP) is 11.7. The molecule has 0 rings (SSSR count). The van der Waals surface area contributed by atoms with Crippen LogP contribution in [0, 0.1) is 0 Å². The molecule has 0 aliphatic carbocycles. The van der Waals surface area contributed by atoms with E-state index in [1.54, 1.807) is 21.1 Å². The molecule has 0 fully saturated rings. The minimum atomic E-state index is -1.13. The molecule has 2 unspecified atom stereocenters. The Morgan fingerprint density at radius 3 is 1.42 bits per heavy atom. The highest BCUT2D eigenvalue weighted by molar-refractivity contribution is 5.70. The van der Waals surface area contributed by atoms with Crippen molar-refractivity contribution >= 4 is 17.9 Å². The number of nitrogens with zero attached hydrogens (tertiary/aromatic N) is 1. The van der Waals surface area contributed by atoms with E-state index in [9.17, 15) is 19.5 Å². The van der Waals surface area contributed by atoms with Crippen molar-refractivity contribution in [3.63, 3.8) is 0 Å². The van der Waals surface area contributed by atoms with Crippen molar-refractivity contribution in [1.82, 2.24) is 0 Å². The molecule has 0 spiro atoms. The Bertz CT molecular complexity index is 1030. The van der Waals surface area contributed by atoms with Gasteiger partial charge in [0.1, 0.15) is 12.6 Å². The van der Waals surface area contributed by atoms with Crippen molar-refractivity contribution in [2.75, 3.05) is 41.0 Å². The molecule has 2 atom stereocenters. The van der Waals surface area contributed by atoms with Crippen molar-refractivity contribution in [1.29, 1.82) is 0 Å². The molecule has 0 bridgehead atoms. The van der Waals surface area contributed by atoms with Gasteiger partial charge in [-0.3, -0.25) is 9.59 Å². The number of hydrogen-bond donors (Lipinski definition) is 0. The van der Waals surface area contributed by atoms with Crippen LogP contribution in [-0.4, -0.2) is 75.5 Å². The van der Waals surface area contributed by atoms with Crippen LogP contribution in [0.1, 0.15) is 206 Å². The summed E-state index contributed by atoms with van der Waals surface area (Å²) >= 11 is 0. The lowest BCUT2D eigenvalue weighted by Crippen LogP contribution is -2.55.